The zero-order valence-corrected chi connectivity index (χ0v) is 16.6. The van der Waals surface area contributed by atoms with E-state index in [-0.39, 0.29) is 5.60 Å². The molecular weight excluding hydrogens is 389 g/mol. The summed E-state index contributed by atoms with van der Waals surface area (Å²) < 4.78 is 30.4. The molecule has 2 saturated heterocycles. The molecule has 4 heterocycles. The van der Waals surface area contributed by atoms with Crippen molar-refractivity contribution in [3.05, 3.63) is 42.3 Å². The molecule has 1 N–H and O–H groups in total. The Balaban J connectivity index is 1.28. The van der Waals surface area contributed by atoms with Gasteiger partial charge in [0.2, 0.25) is 11.8 Å². The normalized spacial score (nSPS) is 17.6. The van der Waals surface area contributed by atoms with Gasteiger partial charge in [-0.1, -0.05) is 5.16 Å². The average Bonchev–Trinajstić information content (AvgIpc) is 3.21. The van der Waals surface area contributed by atoms with Crippen LogP contribution in [0.25, 0.3) is 11.3 Å². The number of piperidine rings is 1. The van der Waals surface area contributed by atoms with Gasteiger partial charge in [-0.2, -0.15) is 4.98 Å². The van der Waals surface area contributed by atoms with Gasteiger partial charge in [-0.25, -0.2) is 9.37 Å². The third-order valence-electron chi connectivity index (χ3n) is 5.78. The molecule has 156 valence electrons. The Bertz CT molecular complexity index is 1040. The number of nitrogens with zero attached hydrogens (tertiary/aromatic N) is 4. The van der Waals surface area contributed by atoms with E-state index in [1.807, 2.05) is 0 Å². The number of ether oxygens (including phenoxy) is 2. The summed E-state index contributed by atoms with van der Waals surface area (Å²) in [6, 6.07) is 7.97. The van der Waals surface area contributed by atoms with Crippen LogP contribution < -0.4 is 15.0 Å². The van der Waals surface area contributed by atoms with E-state index in [2.05, 4.69) is 25.3 Å². The summed E-state index contributed by atoms with van der Waals surface area (Å²) in [6.45, 7) is 2.61. The van der Waals surface area contributed by atoms with Crippen molar-refractivity contribution in [2.75, 3.05) is 37.0 Å². The van der Waals surface area contributed by atoms with Crippen molar-refractivity contribution in [2.24, 2.45) is 0 Å². The lowest BCUT2D eigenvalue weighted by molar-refractivity contribution is -0.158. The molecule has 0 unspecified atom stereocenters. The van der Waals surface area contributed by atoms with Crippen molar-refractivity contribution >= 4 is 17.7 Å². The number of hydrogen-bond acceptors (Lipinski definition) is 8. The summed E-state index contributed by atoms with van der Waals surface area (Å²) in [6.07, 6.45) is 4.83. The Labute approximate surface area is 173 Å². The average molecular weight is 411 g/mol. The number of anilines is 3. The maximum Gasteiger partial charge on any atom is 0.230 e. The van der Waals surface area contributed by atoms with E-state index in [0.717, 1.165) is 39.0 Å². The summed E-state index contributed by atoms with van der Waals surface area (Å²) in [5, 5.41) is 7.03. The van der Waals surface area contributed by atoms with Gasteiger partial charge in [-0.3, -0.25) is 0 Å². The molecule has 0 bridgehead atoms. The summed E-state index contributed by atoms with van der Waals surface area (Å²) in [7, 11) is 1.49. The fraction of sp³-hybridized carbons (Fsp3) is 0.381. The van der Waals surface area contributed by atoms with Crippen molar-refractivity contribution in [1.82, 2.24) is 15.1 Å². The molecule has 8 nitrogen and oxygen atoms in total. The zero-order chi connectivity index (χ0) is 20.6. The van der Waals surface area contributed by atoms with Crippen molar-refractivity contribution < 1.29 is 18.4 Å². The summed E-state index contributed by atoms with van der Waals surface area (Å²) in [5.74, 6) is 1.62. The fourth-order valence-electron chi connectivity index (χ4n) is 3.89. The quantitative estimate of drug-likeness (QED) is 0.679. The number of benzene rings is 1. The van der Waals surface area contributed by atoms with E-state index in [9.17, 15) is 4.39 Å². The minimum atomic E-state index is -0.433. The Morgan fingerprint density at radius 2 is 2.00 bits per heavy atom. The lowest BCUT2D eigenvalue weighted by Crippen LogP contribution is -2.52. The van der Waals surface area contributed by atoms with Crippen LogP contribution in [-0.2, 0) is 4.74 Å². The van der Waals surface area contributed by atoms with E-state index in [0.29, 0.717) is 34.7 Å². The number of nitrogens with one attached hydrogen (secondary N) is 1. The molecular formula is C21H22FN5O3. The first-order chi connectivity index (χ1) is 14.6. The van der Waals surface area contributed by atoms with Crippen LogP contribution in [0, 0.1) is 5.82 Å². The first kappa shape index (κ1) is 18.8. The van der Waals surface area contributed by atoms with Crippen molar-refractivity contribution in [3.8, 4) is 17.0 Å². The Morgan fingerprint density at radius 1 is 1.17 bits per heavy atom. The van der Waals surface area contributed by atoms with Crippen LogP contribution in [0.3, 0.4) is 0 Å². The SMILES string of the molecule is COc1ccc(-c2cc(Nc3ccnc(N4CCC5(CCO5)CC4)n3)on2)c(F)c1. The van der Waals surface area contributed by atoms with Crippen molar-refractivity contribution in [2.45, 2.75) is 24.9 Å². The number of hydrogen-bond donors (Lipinski definition) is 1. The third-order valence-corrected chi connectivity index (χ3v) is 5.78. The predicted molar refractivity (Wildman–Crippen MR) is 109 cm³/mol. The van der Waals surface area contributed by atoms with E-state index in [1.54, 1.807) is 30.5 Å². The number of aromatic nitrogens is 3. The number of halogens is 1. The van der Waals surface area contributed by atoms with E-state index >= 15 is 0 Å². The topological polar surface area (TPSA) is 85.5 Å². The zero-order valence-electron chi connectivity index (χ0n) is 16.6. The first-order valence-corrected chi connectivity index (χ1v) is 9.94. The summed E-state index contributed by atoms with van der Waals surface area (Å²) >= 11 is 0. The van der Waals surface area contributed by atoms with Crippen LogP contribution in [0.4, 0.5) is 22.0 Å². The largest absolute Gasteiger partial charge is 0.497 e. The smallest absolute Gasteiger partial charge is 0.230 e. The summed E-state index contributed by atoms with van der Waals surface area (Å²) in [5.41, 5.74) is 0.796. The van der Waals surface area contributed by atoms with Crippen LogP contribution in [-0.4, -0.2) is 47.5 Å². The summed E-state index contributed by atoms with van der Waals surface area (Å²) in [4.78, 5) is 11.2. The van der Waals surface area contributed by atoms with Crippen LogP contribution in [0.1, 0.15) is 19.3 Å². The van der Waals surface area contributed by atoms with E-state index in [4.69, 9.17) is 14.0 Å². The second-order valence-corrected chi connectivity index (χ2v) is 7.56. The monoisotopic (exact) mass is 411 g/mol. The maximum atomic E-state index is 14.3. The van der Waals surface area contributed by atoms with Crippen LogP contribution in [0.5, 0.6) is 5.75 Å². The van der Waals surface area contributed by atoms with E-state index in [1.165, 1.54) is 13.2 Å². The van der Waals surface area contributed by atoms with Gasteiger partial charge >= 0.3 is 0 Å². The molecule has 0 atom stereocenters. The molecule has 0 aliphatic carbocycles. The lowest BCUT2D eigenvalue weighted by atomic mass is 9.84. The number of methoxy groups -OCH3 is 1. The highest BCUT2D eigenvalue weighted by Crippen LogP contribution is 2.37. The molecule has 0 radical (unpaired) electrons. The van der Waals surface area contributed by atoms with Crippen molar-refractivity contribution in [3.63, 3.8) is 0 Å². The van der Waals surface area contributed by atoms with Gasteiger partial charge in [0.25, 0.3) is 0 Å². The highest BCUT2D eigenvalue weighted by Gasteiger charge is 2.41. The highest BCUT2D eigenvalue weighted by atomic mass is 19.1. The molecule has 1 aromatic carbocycles. The number of rotatable bonds is 5. The second-order valence-electron chi connectivity index (χ2n) is 7.56. The molecule has 2 aliphatic heterocycles. The Morgan fingerprint density at radius 3 is 2.70 bits per heavy atom. The van der Waals surface area contributed by atoms with Crippen LogP contribution in [0.2, 0.25) is 0 Å². The third kappa shape index (κ3) is 3.56. The van der Waals surface area contributed by atoms with Gasteiger partial charge in [0.1, 0.15) is 23.1 Å². The Kier molecular flexibility index (Phi) is 4.74. The molecule has 9 heteroatoms. The molecule has 0 amide bonds. The van der Waals surface area contributed by atoms with Gasteiger partial charge in [-0.15, -0.1) is 0 Å². The predicted octanol–water partition coefficient (Wildman–Crippen LogP) is 3.78. The molecule has 5 rings (SSSR count). The van der Waals surface area contributed by atoms with Gasteiger partial charge < -0.3 is 24.2 Å². The van der Waals surface area contributed by atoms with Gasteiger partial charge in [0.05, 0.1) is 19.3 Å². The van der Waals surface area contributed by atoms with E-state index < -0.39 is 5.82 Å². The van der Waals surface area contributed by atoms with Gasteiger partial charge in [0, 0.05) is 37.0 Å². The highest BCUT2D eigenvalue weighted by molar-refractivity contribution is 5.65. The molecule has 2 aromatic heterocycles. The van der Waals surface area contributed by atoms with Gasteiger partial charge in [-0.05, 0) is 37.5 Å². The molecule has 30 heavy (non-hydrogen) atoms. The Hall–Kier alpha value is -3.20. The molecule has 1 spiro atoms. The van der Waals surface area contributed by atoms with Crippen LogP contribution >= 0.6 is 0 Å². The molecule has 0 saturated carbocycles. The van der Waals surface area contributed by atoms with Gasteiger partial charge in [0.15, 0.2) is 0 Å². The fourth-order valence-corrected chi connectivity index (χ4v) is 3.89. The maximum absolute atomic E-state index is 14.3. The molecule has 3 aromatic rings. The minimum absolute atomic E-state index is 0.0827. The van der Waals surface area contributed by atoms with Crippen molar-refractivity contribution in [1.29, 1.82) is 0 Å². The van der Waals surface area contributed by atoms with Crippen LogP contribution in [0.15, 0.2) is 41.1 Å². The first-order valence-electron chi connectivity index (χ1n) is 9.94. The molecule has 2 aliphatic rings. The molecule has 2 fully saturated rings. The second kappa shape index (κ2) is 7.56. The minimum Gasteiger partial charge on any atom is -0.497 e. The standard InChI is InChI=1S/C21H22FN5O3/c1-28-14-2-3-15(16(22)12-14)17-13-19(30-26-17)24-18-4-8-23-20(25-18)27-9-5-21(6-10-27)7-11-29-21/h2-4,8,12-13H,5-7,9-11H2,1H3,(H,23,24,25). The lowest BCUT2D eigenvalue weighted by Gasteiger charge is -2.47.